The molecule has 2 aliphatic rings. The number of rotatable bonds is 14. The molecule has 0 saturated carbocycles. The lowest BCUT2D eigenvalue weighted by molar-refractivity contribution is -0.158. The maximum Gasteiger partial charge on any atom is 0.329 e. The maximum absolute atomic E-state index is 14.0. The van der Waals surface area contributed by atoms with Gasteiger partial charge < -0.3 is 19.9 Å². The average molecular weight is 653 g/mol. The smallest absolute Gasteiger partial charge is 0.329 e. The van der Waals surface area contributed by atoms with Crippen LogP contribution in [0.2, 0.25) is 0 Å². The molecule has 2 heterocycles. The molecule has 9 nitrogen and oxygen atoms in total. The van der Waals surface area contributed by atoms with Crippen LogP contribution in [0.3, 0.4) is 0 Å². The maximum atomic E-state index is 14.0. The second kappa shape index (κ2) is 17.8. The second-order valence-corrected chi connectivity index (χ2v) is 14.4. The van der Waals surface area contributed by atoms with Crippen LogP contribution in [0.4, 0.5) is 0 Å². The van der Waals surface area contributed by atoms with E-state index in [9.17, 15) is 19.2 Å². The Labute approximate surface area is 283 Å². The molecule has 2 aliphatic heterocycles. The Balaban J connectivity index is 1.74. The molecule has 1 aromatic carbocycles. The SMILES string of the molecule is CCC[C@H](OC(=O)[C@@H]1CCCN1C(=O)/C(C)=C/[C@H](C(C)C)N(C)C(=O)[C@@H](NC(=O)C1CCCCN1C(C)C)C(C)C)c1ccccc1. The fraction of sp³-hybridized carbons (Fsp3) is 0.684. The number of hydrogen-bond donors (Lipinski definition) is 1. The van der Waals surface area contributed by atoms with Gasteiger partial charge in [-0.15, -0.1) is 0 Å². The molecule has 1 unspecified atom stereocenters. The number of likely N-dealkylation sites (N-methyl/N-ethyl adjacent to an activating group) is 1. The number of benzene rings is 1. The van der Waals surface area contributed by atoms with E-state index in [1.165, 1.54) is 0 Å². The van der Waals surface area contributed by atoms with Crippen LogP contribution in [0.1, 0.15) is 112 Å². The van der Waals surface area contributed by atoms with Crippen molar-refractivity contribution in [2.75, 3.05) is 20.1 Å². The van der Waals surface area contributed by atoms with Gasteiger partial charge in [-0.3, -0.25) is 19.3 Å². The largest absolute Gasteiger partial charge is 0.456 e. The Hall–Kier alpha value is -3.20. The summed E-state index contributed by atoms with van der Waals surface area (Å²) in [5, 5.41) is 3.10. The molecule has 47 heavy (non-hydrogen) atoms. The predicted molar refractivity (Wildman–Crippen MR) is 186 cm³/mol. The van der Waals surface area contributed by atoms with Gasteiger partial charge in [-0.25, -0.2) is 4.79 Å². The van der Waals surface area contributed by atoms with Gasteiger partial charge in [0, 0.05) is 25.2 Å². The number of nitrogens with zero attached hydrogens (tertiary/aromatic N) is 3. The van der Waals surface area contributed by atoms with E-state index < -0.39 is 12.1 Å². The van der Waals surface area contributed by atoms with Crippen LogP contribution in [0.25, 0.3) is 0 Å². The van der Waals surface area contributed by atoms with Gasteiger partial charge in [0.15, 0.2) is 0 Å². The molecule has 2 fully saturated rings. The lowest BCUT2D eigenvalue weighted by atomic mass is 9.95. The summed E-state index contributed by atoms with van der Waals surface area (Å²) >= 11 is 0. The van der Waals surface area contributed by atoms with Gasteiger partial charge in [0.2, 0.25) is 17.7 Å². The van der Waals surface area contributed by atoms with Crippen LogP contribution in [-0.2, 0) is 23.9 Å². The monoisotopic (exact) mass is 652 g/mol. The standard InChI is InChI=1S/C38H60N4O5/c1-10-17-33(29-18-12-11-13-19-29)47-38(46)31-21-16-23-42(31)36(44)28(8)24-32(25(2)3)40(9)37(45)34(26(4)5)39-35(43)30-20-14-15-22-41(30)27(6)7/h11-13,18-19,24-27,30-34H,10,14-17,20-23H2,1-9H3,(H,39,43)/b28-24+/t30?,31-,32+,33-,34-/m0/s1. The van der Waals surface area contributed by atoms with Gasteiger partial charge in [-0.1, -0.05) is 83.9 Å². The summed E-state index contributed by atoms with van der Waals surface area (Å²) in [7, 11) is 1.75. The highest BCUT2D eigenvalue weighted by atomic mass is 16.5. The molecule has 0 aromatic heterocycles. The molecule has 9 heteroatoms. The Bertz CT molecular complexity index is 1230. The summed E-state index contributed by atoms with van der Waals surface area (Å²) in [5.41, 5.74) is 1.44. The minimum absolute atomic E-state index is 0.00463. The molecule has 1 N–H and O–H groups in total. The topological polar surface area (TPSA) is 99.3 Å². The zero-order chi connectivity index (χ0) is 34.8. The molecule has 0 bridgehead atoms. The minimum Gasteiger partial charge on any atom is -0.456 e. The summed E-state index contributed by atoms with van der Waals surface area (Å²) in [6.07, 6.45) is 7.20. The van der Waals surface area contributed by atoms with Gasteiger partial charge in [0.05, 0.1) is 12.1 Å². The van der Waals surface area contributed by atoms with E-state index in [4.69, 9.17) is 4.74 Å². The molecular formula is C38H60N4O5. The first-order chi connectivity index (χ1) is 22.3. The lowest BCUT2D eigenvalue weighted by Crippen LogP contribution is -2.58. The fourth-order valence-electron chi connectivity index (χ4n) is 6.99. The first kappa shape index (κ1) is 38.2. The summed E-state index contributed by atoms with van der Waals surface area (Å²) in [6.45, 7) is 17.3. The van der Waals surface area contributed by atoms with E-state index in [0.29, 0.717) is 25.0 Å². The molecule has 0 spiro atoms. The van der Waals surface area contributed by atoms with E-state index in [1.54, 1.807) is 23.8 Å². The number of hydrogen-bond acceptors (Lipinski definition) is 6. The molecule has 2 saturated heterocycles. The first-order valence-corrected chi connectivity index (χ1v) is 17.9. The first-order valence-electron chi connectivity index (χ1n) is 17.9. The normalized spacial score (nSPS) is 21.1. The van der Waals surface area contributed by atoms with Crippen molar-refractivity contribution in [3.05, 3.63) is 47.5 Å². The molecule has 262 valence electrons. The van der Waals surface area contributed by atoms with Crippen LogP contribution in [-0.4, -0.2) is 88.7 Å². The zero-order valence-corrected chi connectivity index (χ0v) is 30.3. The van der Waals surface area contributed by atoms with Crippen molar-refractivity contribution in [1.29, 1.82) is 0 Å². The Morgan fingerprint density at radius 3 is 2.19 bits per heavy atom. The zero-order valence-electron chi connectivity index (χ0n) is 30.3. The fourth-order valence-corrected chi connectivity index (χ4v) is 6.99. The number of ether oxygens (including phenoxy) is 1. The lowest BCUT2D eigenvalue weighted by Gasteiger charge is -2.39. The van der Waals surface area contributed by atoms with Crippen LogP contribution in [0.5, 0.6) is 0 Å². The number of nitrogens with one attached hydrogen (secondary N) is 1. The molecular weight excluding hydrogens is 592 g/mol. The number of carbonyl (C=O) groups is 4. The van der Waals surface area contributed by atoms with Gasteiger partial charge in [0.25, 0.3) is 0 Å². The summed E-state index contributed by atoms with van der Waals surface area (Å²) in [5.74, 6) is -0.979. The van der Waals surface area contributed by atoms with Crippen LogP contribution < -0.4 is 5.32 Å². The van der Waals surface area contributed by atoms with Crippen molar-refractivity contribution in [2.45, 2.75) is 137 Å². The summed E-state index contributed by atoms with van der Waals surface area (Å²) in [4.78, 5) is 60.3. The van der Waals surface area contributed by atoms with Gasteiger partial charge >= 0.3 is 5.97 Å². The predicted octanol–water partition coefficient (Wildman–Crippen LogP) is 5.90. The number of esters is 1. The third kappa shape index (κ3) is 9.91. The van der Waals surface area contributed by atoms with E-state index in [2.05, 4.69) is 31.0 Å². The minimum atomic E-state index is -0.687. The van der Waals surface area contributed by atoms with E-state index in [-0.39, 0.29) is 59.8 Å². The van der Waals surface area contributed by atoms with Crippen molar-refractivity contribution in [2.24, 2.45) is 11.8 Å². The number of amides is 3. The van der Waals surface area contributed by atoms with Crippen LogP contribution >= 0.6 is 0 Å². The van der Waals surface area contributed by atoms with E-state index >= 15 is 0 Å². The van der Waals surface area contributed by atoms with E-state index in [1.807, 2.05) is 64.1 Å². The second-order valence-electron chi connectivity index (χ2n) is 14.4. The van der Waals surface area contributed by atoms with Crippen molar-refractivity contribution in [3.8, 4) is 0 Å². The number of carbonyl (C=O) groups excluding carboxylic acids is 4. The molecule has 5 atom stereocenters. The highest BCUT2D eigenvalue weighted by molar-refractivity contribution is 5.96. The molecule has 0 radical (unpaired) electrons. The Morgan fingerprint density at radius 2 is 1.60 bits per heavy atom. The summed E-state index contributed by atoms with van der Waals surface area (Å²) in [6, 6.07) is 8.04. The third-order valence-corrected chi connectivity index (χ3v) is 9.74. The van der Waals surface area contributed by atoms with Gasteiger partial charge in [-0.05, 0) is 76.8 Å². The highest BCUT2D eigenvalue weighted by Crippen LogP contribution is 2.28. The number of likely N-dealkylation sites (tertiary alicyclic amines) is 2. The molecule has 1 aromatic rings. The molecule has 0 aliphatic carbocycles. The third-order valence-electron chi connectivity index (χ3n) is 9.74. The highest BCUT2D eigenvalue weighted by Gasteiger charge is 2.39. The molecule has 3 rings (SSSR count). The van der Waals surface area contributed by atoms with Crippen LogP contribution in [0.15, 0.2) is 42.0 Å². The quantitative estimate of drug-likeness (QED) is 0.199. The summed E-state index contributed by atoms with van der Waals surface area (Å²) < 4.78 is 6.01. The van der Waals surface area contributed by atoms with Crippen molar-refractivity contribution in [1.82, 2.24) is 20.0 Å². The Kier molecular flexibility index (Phi) is 14.5. The Morgan fingerprint density at radius 1 is 0.936 bits per heavy atom. The van der Waals surface area contributed by atoms with E-state index in [0.717, 1.165) is 44.2 Å². The molecule has 3 amide bonds. The van der Waals surface area contributed by atoms with Crippen molar-refractivity contribution < 1.29 is 23.9 Å². The van der Waals surface area contributed by atoms with Crippen molar-refractivity contribution in [3.63, 3.8) is 0 Å². The average Bonchev–Trinajstić information content (AvgIpc) is 3.55. The van der Waals surface area contributed by atoms with Gasteiger partial charge in [-0.2, -0.15) is 0 Å². The van der Waals surface area contributed by atoms with Crippen molar-refractivity contribution >= 4 is 23.7 Å². The van der Waals surface area contributed by atoms with Crippen LogP contribution in [0, 0.1) is 11.8 Å². The van der Waals surface area contributed by atoms with Gasteiger partial charge in [0.1, 0.15) is 18.2 Å². The number of piperidine rings is 1.